The number of aromatic nitrogens is 2. The second-order valence-corrected chi connectivity index (χ2v) is 6.99. The van der Waals surface area contributed by atoms with E-state index in [0.29, 0.717) is 12.5 Å². The molecular weight excluding hydrogens is 306 g/mol. The number of carbonyl (C=O) groups is 1. The number of fused-ring (bicyclic) bond motifs is 1. The molecule has 1 amide bonds. The summed E-state index contributed by atoms with van der Waals surface area (Å²) in [6.45, 7) is 1.66. The van der Waals surface area contributed by atoms with Gasteiger partial charge in [0.2, 0.25) is 5.91 Å². The summed E-state index contributed by atoms with van der Waals surface area (Å²) >= 11 is 1.72. The highest BCUT2D eigenvalue weighted by molar-refractivity contribution is 7.17. The van der Waals surface area contributed by atoms with Crippen LogP contribution in [-0.4, -0.2) is 33.4 Å². The molecule has 3 aromatic rings. The van der Waals surface area contributed by atoms with E-state index in [2.05, 4.69) is 27.1 Å². The predicted octanol–water partition coefficient (Wildman–Crippen LogP) is 3.50. The van der Waals surface area contributed by atoms with Crippen LogP contribution in [0, 0.1) is 0 Å². The van der Waals surface area contributed by atoms with Crippen molar-refractivity contribution in [1.82, 2.24) is 14.5 Å². The molecule has 23 heavy (non-hydrogen) atoms. The number of benzene rings is 1. The average molecular weight is 325 g/mol. The van der Waals surface area contributed by atoms with Gasteiger partial charge in [-0.25, -0.2) is 4.98 Å². The van der Waals surface area contributed by atoms with Gasteiger partial charge in [-0.3, -0.25) is 4.79 Å². The minimum atomic E-state index is 0.235. The van der Waals surface area contributed by atoms with Crippen LogP contribution < -0.4 is 0 Å². The van der Waals surface area contributed by atoms with Gasteiger partial charge < -0.3 is 9.47 Å². The van der Waals surface area contributed by atoms with Crippen LogP contribution in [0.1, 0.15) is 24.4 Å². The van der Waals surface area contributed by atoms with E-state index in [4.69, 9.17) is 0 Å². The zero-order chi connectivity index (χ0) is 15.6. The molecule has 4 nitrogen and oxygen atoms in total. The van der Waals surface area contributed by atoms with Gasteiger partial charge in [-0.15, -0.1) is 11.3 Å². The van der Waals surface area contributed by atoms with Gasteiger partial charge in [0, 0.05) is 30.2 Å². The zero-order valence-electron chi connectivity index (χ0n) is 12.9. The second-order valence-electron chi connectivity index (χ2n) is 6.08. The topological polar surface area (TPSA) is 38.1 Å². The molecule has 1 aliphatic heterocycles. The maximum absolute atomic E-state index is 12.7. The van der Waals surface area contributed by atoms with E-state index in [-0.39, 0.29) is 5.91 Å². The molecule has 0 aliphatic carbocycles. The second kappa shape index (κ2) is 6.16. The highest BCUT2D eigenvalue weighted by Crippen LogP contribution is 2.27. The lowest BCUT2D eigenvalue weighted by molar-refractivity contribution is -0.132. The van der Waals surface area contributed by atoms with Crippen molar-refractivity contribution in [2.24, 2.45) is 0 Å². The number of carbonyl (C=O) groups excluding carboxylic acids is 1. The number of hydrogen-bond acceptors (Lipinski definition) is 3. The third kappa shape index (κ3) is 2.88. The molecule has 0 saturated carbocycles. The van der Waals surface area contributed by atoms with Gasteiger partial charge in [0.05, 0.1) is 18.8 Å². The van der Waals surface area contributed by atoms with Crippen LogP contribution in [0.4, 0.5) is 0 Å². The number of nitrogens with zero attached hydrogens (tertiary/aromatic N) is 3. The van der Waals surface area contributed by atoms with E-state index >= 15 is 0 Å². The Bertz CT molecular complexity index is 809. The Morgan fingerprint density at radius 1 is 1.35 bits per heavy atom. The summed E-state index contributed by atoms with van der Waals surface area (Å²) in [6.07, 6.45) is 8.31. The molecule has 0 unspecified atom stereocenters. The summed E-state index contributed by atoms with van der Waals surface area (Å²) < 4.78 is 3.38. The first-order valence-electron chi connectivity index (χ1n) is 8.01. The quantitative estimate of drug-likeness (QED) is 0.739. The van der Waals surface area contributed by atoms with Crippen molar-refractivity contribution >= 4 is 27.3 Å². The van der Waals surface area contributed by atoms with E-state index in [9.17, 15) is 4.79 Å². The van der Waals surface area contributed by atoms with Gasteiger partial charge in [-0.2, -0.15) is 0 Å². The smallest absolute Gasteiger partial charge is 0.227 e. The van der Waals surface area contributed by atoms with Crippen molar-refractivity contribution in [3.63, 3.8) is 0 Å². The first kappa shape index (κ1) is 14.5. The molecule has 2 aromatic heterocycles. The van der Waals surface area contributed by atoms with Crippen molar-refractivity contribution in [3.8, 4) is 0 Å². The molecule has 118 valence electrons. The molecule has 0 spiro atoms. The summed E-state index contributed by atoms with van der Waals surface area (Å²) in [5, 5.41) is 3.34. The van der Waals surface area contributed by atoms with Crippen LogP contribution >= 0.6 is 11.3 Å². The molecule has 1 saturated heterocycles. The van der Waals surface area contributed by atoms with E-state index in [1.165, 1.54) is 10.1 Å². The number of likely N-dealkylation sites (tertiary alicyclic amines) is 1. The van der Waals surface area contributed by atoms with E-state index in [0.717, 1.165) is 31.5 Å². The molecule has 1 atom stereocenters. The fraction of sp³-hybridized carbons (Fsp3) is 0.333. The minimum Gasteiger partial charge on any atom is -0.340 e. The van der Waals surface area contributed by atoms with Crippen LogP contribution in [0.5, 0.6) is 0 Å². The number of thiophene rings is 1. The van der Waals surface area contributed by atoms with Gasteiger partial charge in [0.15, 0.2) is 0 Å². The molecule has 1 fully saturated rings. The number of rotatable bonds is 3. The third-order valence-corrected chi connectivity index (χ3v) is 5.61. The molecule has 0 bridgehead atoms. The largest absolute Gasteiger partial charge is 0.340 e. The lowest BCUT2D eigenvalue weighted by atomic mass is 10.0. The van der Waals surface area contributed by atoms with Gasteiger partial charge in [0.1, 0.15) is 0 Å². The monoisotopic (exact) mass is 325 g/mol. The minimum absolute atomic E-state index is 0.235. The Kier molecular flexibility index (Phi) is 3.87. The molecule has 4 rings (SSSR count). The summed E-state index contributed by atoms with van der Waals surface area (Å²) in [5.41, 5.74) is 1.15. The fourth-order valence-corrected chi connectivity index (χ4v) is 4.32. The van der Waals surface area contributed by atoms with Gasteiger partial charge in [0.25, 0.3) is 0 Å². The maximum atomic E-state index is 12.7. The summed E-state index contributed by atoms with van der Waals surface area (Å²) in [4.78, 5) is 18.9. The van der Waals surface area contributed by atoms with Gasteiger partial charge >= 0.3 is 0 Å². The molecule has 0 radical (unpaired) electrons. The summed E-state index contributed by atoms with van der Waals surface area (Å²) in [5.74, 6) is 0.235. The Morgan fingerprint density at radius 2 is 2.26 bits per heavy atom. The summed E-state index contributed by atoms with van der Waals surface area (Å²) in [6, 6.07) is 8.67. The number of amides is 1. The third-order valence-electron chi connectivity index (χ3n) is 4.60. The summed E-state index contributed by atoms with van der Waals surface area (Å²) in [7, 11) is 0. The van der Waals surface area contributed by atoms with Crippen molar-refractivity contribution in [2.45, 2.75) is 25.3 Å². The Hall–Kier alpha value is -2.14. The van der Waals surface area contributed by atoms with E-state index < -0.39 is 0 Å². The highest BCUT2D eigenvalue weighted by atomic mass is 32.1. The molecule has 0 N–H and O–H groups in total. The normalized spacial score (nSPS) is 18.4. The SMILES string of the molecule is O=C(Cc1csc2ccccc12)N1CCC[C@H](n2ccnc2)C1. The van der Waals surface area contributed by atoms with Crippen LogP contribution in [-0.2, 0) is 11.2 Å². The van der Waals surface area contributed by atoms with Crippen molar-refractivity contribution in [1.29, 1.82) is 0 Å². The van der Waals surface area contributed by atoms with Crippen molar-refractivity contribution in [2.75, 3.05) is 13.1 Å². The van der Waals surface area contributed by atoms with Crippen LogP contribution in [0.25, 0.3) is 10.1 Å². The molecular formula is C18H19N3OS. The lowest BCUT2D eigenvalue weighted by Crippen LogP contribution is -2.41. The van der Waals surface area contributed by atoms with Crippen LogP contribution in [0.15, 0.2) is 48.4 Å². The zero-order valence-corrected chi connectivity index (χ0v) is 13.7. The Balaban J connectivity index is 1.48. The standard InChI is InChI=1S/C18H19N3OS/c22-18(10-14-12-23-17-6-2-1-5-16(14)17)20-8-3-4-15(11-20)21-9-7-19-13-21/h1-2,5-7,9,12-13,15H,3-4,8,10-11H2/t15-/m0/s1. The molecule has 1 aliphatic rings. The molecule has 5 heteroatoms. The number of imidazole rings is 1. The Labute approximate surface area is 139 Å². The molecule has 1 aromatic carbocycles. The van der Waals surface area contributed by atoms with Crippen LogP contribution in [0.3, 0.4) is 0 Å². The molecule has 3 heterocycles. The first-order chi connectivity index (χ1) is 11.3. The average Bonchev–Trinajstić information content (AvgIpc) is 3.25. The predicted molar refractivity (Wildman–Crippen MR) is 92.6 cm³/mol. The first-order valence-corrected chi connectivity index (χ1v) is 8.89. The Morgan fingerprint density at radius 3 is 3.13 bits per heavy atom. The van der Waals surface area contributed by atoms with Crippen molar-refractivity contribution in [3.05, 3.63) is 53.9 Å². The van der Waals surface area contributed by atoms with E-state index in [1.54, 1.807) is 17.5 Å². The number of hydrogen-bond donors (Lipinski definition) is 0. The highest BCUT2D eigenvalue weighted by Gasteiger charge is 2.24. The maximum Gasteiger partial charge on any atom is 0.227 e. The van der Waals surface area contributed by atoms with Crippen molar-refractivity contribution < 1.29 is 4.79 Å². The van der Waals surface area contributed by atoms with E-state index in [1.807, 2.05) is 29.6 Å². The van der Waals surface area contributed by atoms with Gasteiger partial charge in [-0.1, -0.05) is 18.2 Å². The number of piperidine rings is 1. The lowest BCUT2D eigenvalue weighted by Gasteiger charge is -2.33. The van der Waals surface area contributed by atoms with Crippen LogP contribution in [0.2, 0.25) is 0 Å². The fourth-order valence-electron chi connectivity index (χ4n) is 3.35. The van der Waals surface area contributed by atoms with Gasteiger partial charge in [-0.05, 0) is 35.2 Å².